The van der Waals surface area contributed by atoms with Crippen molar-refractivity contribution in [3.8, 4) is 5.75 Å². The molecule has 0 N–H and O–H groups in total. The van der Waals surface area contributed by atoms with E-state index in [1.807, 2.05) is 32.9 Å². The van der Waals surface area contributed by atoms with Gasteiger partial charge in [0, 0.05) is 11.4 Å². The molecule has 6 heteroatoms. The minimum atomic E-state index is -0.339. The predicted molar refractivity (Wildman–Crippen MR) is 111 cm³/mol. The second-order valence-corrected chi connectivity index (χ2v) is 8.67. The lowest BCUT2D eigenvalue weighted by Crippen LogP contribution is -2.23. The Labute approximate surface area is 168 Å². The van der Waals surface area contributed by atoms with E-state index in [2.05, 4.69) is 4.98 Å². The Morgan fingerprint density at radius 2 is 1.89 bits per heavy atom. The van der Waals surface area contributed by atoms with Gasteiger partial charge in [-0.2, -0.15) is 0 Å². The molecule has 0 radical (unpaired) electrons. The van der Waals surface area contributed by atoms with E-state index in [4.69, 9.17) is 4.74 Å². The molecular weight excluding hydrogens is 372 g/mol. The van der Waals surface area contributed by atoms with E-state index >= 15 is 0 Å². The maximum Gasteiger partial charge on any atom is 0.313 e. The molecule has 3 aromatic rings. The minimum absolute atomic E-state index is 0.0418. The fourth-order valence-corrected chi connectivity index (χ4v) is 5.26. The summed E-state index contributed by atoms with van der Waals surface area (Å²) in [4.78, 5) is 31.9. The third-order valence-electron chi connectivity index (χ3n) is 5.32. The number of thiophene rings is 1. The molecule has 0 atom stereocenters. The van der Waals surface area contributed by atoms with Crippen LogP contribution in [0.2, 0.25) is 0 Å². The average Bonchev–Trinajstić information content (AvgIpc) is 3.03. The van der Waals surface area contributed by atoms with Crippen LogP contribution in [0, 0.1) is 20.8 Å². The van der Waals surface area contributed by atoms with Gasteiger partial charge in [0.2, 0.25) is 0 Å². The van der Waals surface area contributed by atoms with Gasteiger partial charge in [-0.1, -0.05) is 17.7 Å². The zero-order valence-corrected chi connectivity index (χ0v) is 17.3. The Kier molecular flexibility index (Phi) is 5.06. The quantitative estimate of drug-likeness (QED) is 0.488. The average molecular weight is 397 g/mol. The first-order valence-electron chi connectivity index (χ1n) is 9.72. The largest absolute Gasteiger partial charge is 0.426 e. The summed E-state index contributed by atoms with van der Waals surface area (Å²) in [5.41, 5.74) is 4.15. The van der Waals surface area contributed by atoms with Crippen molar-refractivity contribution in [2.75, 3.05) is 0 Å². The van der Waals surface area contributed by atoms with Gasteiger partial charge >= 0.3 is 5.97 Å². The zero-order valence-electron chi connectivity index (χ0n) is 16.5. The predicted octanol–water partition coefficient (Wildman–Crippen LogP) is 4.26. The van der Waals surface area contributed by atoms with Crippen molar-refractivity contribution >= 4 is 27.5 Å². The van der Waals surface area contributed by atoms with Crippen LogP contribution in [0.5, 0.6) is 5.75 Å². The summed E-state index contributed by atoms with van der Waals surface area (Å²) in [5.74, 6) is 0.276. The standard InChI is InChI=1S/C22H24N2O3S/c1-13-10-14(2)20(15(3)11-13)27-18(25)8-9-24-12-23-21-19(22(24)26)16-6-4-5-7-17(16)28-21/h10-12H,4-9H2,1-3H3. The zero-order chi connectivity index (χ0) is 19.8. The molecule has 0 spiro atoms. The normalized spacial score (nSPS) is 13.5. The number of rotatable bonds is 4. The van der Waals surface area contributed by atoms with Gasteiger partial charge in [-0.05, 0) is 63.1 Å². The maximum atomic E-state index is 13.0. The number of benzene rings is 1. The number of aryl methyl sites for hydroxylation is 6. The van der Waals surface area contributed by atoms with Crippen LogP contribution in [0.25, 0.3) is 10.2 Å². The number of carbonyl (C=O) groups is 1. The molecule has 146 valence electrons. The summed E-state index contributed by atoms with van der Waals surface area (Å²) >= 11 is 1.64. The molecular formula is C22H24N2O3S. The Morgan fingerprint density at radius 1 is 1.18 bits per heavy atom. The van der Waals surface area contributed by atoms with Crippen LogP contribution in [0.3, 0.4) is 0 Å². The third kappa shape index (κ3) is 3.49. The third-order valence-corrected chi connectivity index (χ3v) is 6.52. The van der Waals surface area contributed by atoms with Crippen molar-refractivity contribution in [1.29, 1.82) is 0 Å². The van der Waals surface area contributed by atoms with Crippen LogP contribution in [0.15, 0.2) is 23.3 Å². The smallest absolute Gasteiger partial charge is 0.313 e. The molecule has 2 aromatic heterocycles. The van der Waals surface area contributed by atoms with Crippen LogP contribution < -0.4 is 10.3 Å². The first-order valence-corrected chi connectivity index (χ1v) is 10.5. The van der Waals surface area contributed by atoms with Gasteiger partial charge in [-0.3, -0.25) is 14.2 Å². The van der Waals surface area contributed by atoms with Crippen molar-refractivity contribution in [3.05, 3.63) is 55.9 Å². The van der Waals surface area contributed by atoms with Gasteiger partial charge in [-0.25, -0.2) is 4.98 Å². The van der Waals surface area contributed by atoms with E-state index in [1.54, 1.807) is 22.2 Å². The minimum Gasteiger partial charge on any atom is -0.426 e. The molecule has 0 saturated heterocycles. The lowest BCUT2D eigenvalue weighted by Gasteiger charge is -2.12. The van der Waals surface area contributed by atoms with Gasteiger partial charge in [-0.15, -0.1) is 11.3 Å². The summed E-state index contributed by atoms with van der Waals surface area (Å²) in [6.07, 6.45) is 5.97. The number of carbonyl (C=O) groups excluding carboxylic acids is 1. The Morgan fingerprint density at radius 3 is 2.64 bits per heavy atom. The molecule has 0 saturated carbocycles. The molecule has 1 aliphatic rings. The van der Waals surface area contributed by atoms with Gasteiger partial charge in [0.15, 0.2) is 0 Å². The highest BCUT2D eigenvalue weighted by atomic mass is 32.1. The van der Waals surface area contributed by atoms with Crippen molar-refractivity contribution < 1.29 is 9.53 Å². The number of hydrogen-bond donors (Lipinski definition) is 0. The molecule has 0 fully saturated rings. The van der Waals surface area contributed by atoms with Crippen molar-refractivity contribution in [2.24, 2.45) is 0 Å². The molecule has 0 amide bonds. The van der Waals surface area contributed by atoms with Crippen molar-refractivity contribution in [2.45, 2.75) is 59.4 Å². The van der Waals surface area contributed by atoms with Gasteiger partial charge < -0.3 is 4.74 Å². The highest BCUT2D eigenvalue weighted by Crippen LogP contribution is 2.33. The number of fused-ring (bicyclic) bond motifs is 3. The van der Waals surface area contributed by atoms with E-state index in [-0.39, 0.29) is 24.5 Å². The molecule has 4 rings (SSSR count). The molecule has 1 aromatic carbocycles. The summed E-state index contributed by atoms with van der Waals surface area (Å²) in [6, 6.07) is 4.00. The van der Waals surface area contributed by atoms with Crippen LogP contribution in [-0.4, -0.2) is 15.5 Å². The summed E-state index contributed by atoms with van der Waals surface area (Å²) < 4.78 is 7.12. The fraction of sp³-hybridized carbons (Fsp3) is 0.409. The molecule has 5 nitrogen and oxygen atoms in total. The van der Waals surface area contributed by atoms with E-state index < -0.39 is 0 Å². The van der Waals surface area contributed by atoms with Crippen molar-refractivity contribution in [1.82, 2.24) is 9.55 Å². The van der Waals surface area contributed by atoms with Gasteiger partial charge in [0.1, 0.15) is 10.6 Å². The summed E-state index contributed by atoms with van der Waals surface area (Å²) in [6.45, 7) is 6.16. The lowest BCUT2D eigenvalue weighted by molar-refractivity contribution is -0.134. The van der Waals surface area contributed by atoms with Crippen molar-refractivity contribution in [3.63, 3.8) is 0 Å². The first kappa shape index (κ1) is 18.9. The van der Waals surface area contributed by atoms with E-state index in [0.29, 0.717) is 5.75 Å². The SMILES string of the molecule is Cc1cc(C)c(OC(=O)CCn2cnc3sc4c(c3c2=O)CCCC4)c(C)c1. The summed E-state index contributed by atoms with van der Waals surface area (Å²) in [5, 5.41) is 0.751. The number of nitrogens with zero attached hydrogens (tertiary/aromatic N) is 2. The van der Waals surface area contributed by atoms with Crippen LogP contribution in [0.4, 0.5) is 0 Å². The van der Waals surface area contributed by atoms with E-state index in [0.717, 1.165) is 46.2 Å². The Hall–Kier alpha value is -2.47. The molecule has 0 bridgehead atoms. The van der Waals surface area contributed by atoms with E-state index in [9.17, 15) is 9.59 Å². The Balaban J connectivity index is 1.52. The Bertz CT molecular complexity index is 1100. The van der Waals surface area contributed by atoms with Crippen LogP contribution in [0.1, 0.15) is 46.4 Å². The monoisotopic (exact) mass is 396 g/mol. The molecule has 2 heterocycles. The molecule has 0 unspecified atom stereocenters. The highest BCUT2D eigenvalue weighted by molar-refractivity contribution is 7.18. The number of aromatic nitrogens is 2. The molecule has 28 heavy (non-hydrogen) atoms. The number of esters is 1. The second-order valence-electron chi connectivity index (χ2n) is 7.59. The fourth-order valence-electron chi connectivity index (χ4n) is 4.04. The number of ether oxygens (including phenoxy) is 1. The first-order chi connectivity index (χ1) is 13.4. The molecule has 0 aliphatic heterocycles. The highest BCUT2D eigenvalue weighted by Gasteiger charge is 2.20. The molecule has 1 aliphatic carbocycles. The van der Waals surface area contributed by atoms with E-state index in [1.165, 1.54) is 16.9 Å². The topological polar surface area (TPSA) is 61.2 Å². The maximum absolute atomic E-state index is 13.0. The lowest BCUT2D eigenvalue weighted by atomic mass is 9.97. The van der Waals surface area contributed by atoms with Gasteiger partial charge in [0.05, 0.1) is 18.1 Å². The second kappa shape index (κ2) is 7.51. The summed E-state index contributed by atoms with van der Waals surface area (Å²) in [7, 11) is 0. The van der Waals surface area contributed by atoms with Gasteiger partial charge in [0.25, 0.3) is 5.56 Å². The van der Waals surface area contributed by atoms with Crippen LogP contribution >= 0.6 is 11.3 Å². The number of hydrogen-bond acceptors (Lipinski definition) is 5. The van der Waals surface area contributed by atoms with Crippen LogP contribution in [-0.2, 0) is 24.2 Å².